The van der Waals surface area contributed by atoms with Gasteiger partial charge in [-0.05, 0) is 61.2 Å². The number of aromatic nitrogens is 1. The topological polar surface area (TPSA) is 64.1 Å². The molecule has 0 N–H and O–H groups in total. The molecule has 4 rings (SSSR count). The van der Waals surface area contributed by atoms with Crippen molar-refractivity contribution in [3.8, 4) is 11.5 Å². The number of aryl methyl sites for hydroxylation is 2. The Labute approximate surface area is 210 Å². The number of thiazole rings is 1. The Morgan fingerprint density at radius 1 is 1.14 bits per heavy atom. The third kappa shape index (κ3) is 6.01. The molecule has 35 heavy (non-hydrogen) atoms. The second-order valence-electron chi connectivity index (χ2n) is 8.60. The Kier molecular flexibility index (Phi) is 8.38. The number of anilines is 1. The second kappa shape index (κ2) is 11.7. The van der Waals surface area contributed by atoms with E-state index in [0.29, 0.717) is 18.0 Å². The molecule has 0 radical (unpaired) electrons. The number of hydrogen-bond acceptors (Lipinski definition) is 7. The molecule has 0 bridgehead atoms. The van der Waals surface area contributed by atoms with E-state index in [1.165, 1.54) is 5.56 Å². The van der Waals surface area contributed by atoms with E-state index in [-0.39, 0.29) is 5.91 Å². The predicted octanol–water partition coefficient (Wildman–Crippen LogP) is 4.70. The van der Waals surface area contributed by atoms with E-state index < -0.39 is 0 Å². The largest absolute Gasteiger partial charge is 0.493 e. The molecule has 0 aliphatic carbocycles. The minimum absolute atomic E-state index is 0.0878. The number of morpholine rings is 1. The first kappa shape index (κ1) is 25.2. The number of hydrogen-bond donors (Lipinski definition) is 0. The predicted molar refractivity (Wildman–Crippen MR) is 142 cm³/mol. The Bertz CT molecular complexity index is 1200. The molecule has 8 heteroatoms. The zero-order chi connectivity index (χ0) is 24.8. The van der Waals surface area contributed by atoms with Crippen molar-refractivity contribution in [2.75, 3.05) is 58.5 Å². The monoisotopic (exact) mass is 495 g/mol. The first-order valence-electron chi connectivity index (χ1n) is 11.9. The third-order valence-electron chi connectivity index (χ3n) is 6.36. The maximum absolute atomic E-state index is 13.4. The minimum Gasteiger partial charge on any atom is -0.493 e. The summed E-state index contributed by atoms with van der Waals surface area (Å²) in [5.41, 5.74) is 4.19. The number of methoxy groups -OCH3 is 2. The molecule has 1 aliphatic heterocycles. The van der Waals surface area contributed by atoms with Gasteiger partial charge in [-0.3, -0.25) is 14.6 Å². The van der Waals surface area contributed by atoms with Gasteiger partial charge in [-0.1, -0.05) is 23.5 Å². The van der Waals surface area contributed by atoms with Crippen LogP contribution < -0.4 is 14.4 Å². The van der Waals surface area contributed by atoms with Crippen molar-refractivity contribution < 1.29 is 19.0 Å². The van der Waals surface area contributed by atoms with E-state index in [1.807, 2.05) is 24.3 Å². The van der Waals surface area contributed by atoms with Crippen LogP contribution in [0, 0.1) is 13.8 Å². The van der Waals surface area contributed by atoms with E-state index in [4.69, 9.17) is 19.2 Å². The molecule has 2 aromatic carbocycles. The molecule has 1 amide bonds. The fraction of sp³-hybridized carbons (Fsp3) is 0.407. The quantitative estimate of drug-likeness (QED) is 0.401. The lowest BCUT2D eigenvalue weighted by atomic mass is 10.1. The van der Waals surface area contributed by atoms with Crippen LogP contribution >= 0.6 is 11.3 Å². The fourth-order valence-electron chi connectivity index (χ4n) is 4.12. The van der Waals surface area contributed by atoms with Crippen molar-refractivity contribution >= 4 is 38.7 Å². The summed E-state index contributed by atoms with van der Waals surface area (Å²) in [6, 6.07) is 9.80. The zero-order valence-electron chi connectivity index (χ0n) is 20.9. The molecule has 7 nitrogen and oxygen atoms in total. The van der Waals surface area contributed by atoms with Crippen LogP contribution in [0.2, 0.25) is 0 Å². The lowest BCUT2D eigenvalue weighted by molar-refractivity contribution is -0.114. The Morgan fingerprint density at radius 3 is 2.66 bits per heavy atom. The lowest BCUT2D eigenvalue weighted by Crippen LogP contribution is -2.39. The Balaban J connectivity index is 1.56. The highest BCUT2D eigenvalue weighted by molar-refractivity contribution is 7.22. The Morgan fingerprint density at radius 2 is 1.91 bits per heavy atom. The van der Waals surface area contributed by atoms with Crippen LogP contribution in [-0.2, 0) is 9.53 Å². The summed E-state index contributed by atoms with van der Waals surface area (Å²) in [4.78, 5) is 22.5. The molecule has 0 unspecified atom stereocenters. The van der Waals surface area contributed by atoms with Crippen molar-refractivity contribution in [3.05, 3.63) is 53.1 Å². The number of rotatable bonds is 9. The number of ether oxygens (including phenoxy) is 3. The van der Waals surface area contributed by atoms with Gasteiger partial charge in [0.1, 0.15) is 0 Å². The maximum Gasteiger partial charge on any atom is 0.252 e. The number of amides is 1. The average molecular weight is 496 g/mol. The van der Waals surface area contributed by atoms with Gasteiger partial charge >= 0.3 is 0 Å². The highest BCUT2D eigenvalue weighted by Gasteiger charge is 2.20. The van der Waals surface area contributed by atoms with Gasteiger partial charge in [0.25, 0.3) is 5.91 Å². The van der Waals surface area contributed by atoms with Gasteiger partial charge < -0.3 is 14.2 Å². The number of benzene rings is 2. The molecule has 0 saturated carbocycles. The van der Waals surface area contributed by atoms with E-state index in [1.54, 1.807) is 36.5 Å². The lowest BCUT2D eigenvalue weighted by Gasteiger charge is -2.27. The third-order valence-corrected chi connectivity index (χ3v) is 7.40. The summed E-state index contributed by atoms with van der Waals surface area (Å²) in [5, 5.41) is 0.734. The van der Waals surface area contributed by atoms with Crippen LogP contribution in [0.1, 0.15) is 23.1 Å². The van der Waals surface area contributed by atoms with E-state index in [0.717, 1.165) is 65.7 Å². The Hall–Kier alpha value is -2.94. The molecule has 1 fully saturated rings. The smallest absolute Gasteiger partial charge is 0.252 e. The van der Waals surface area contributed by atoms with Gasteiger partial charge in [0.05, 0.1) is 37.6 Å². The van der Waals surface area contributed by atoms with Gasteiger partial charge in [0.15, 0.2) is 16.6 Å². The van der Waals surface area contributed by atoms with Crippen LogP contribution in [0.5, 0.6) is 11.5 Å². The molecule has 186 valence electrons. The highest BCUT2D eigenvalue weighted by atomic mass is 32.1. The molecule has 3 aromatic rings. The first-order chi connectivity index (χ1) is 17.0. The van der Waals surface area contributed by atoms with Gasteiger partial charge in [-0.2, -0.15) is 0 Å². The summed E-state index contributed by atoms with van der Waals surface area (Å²) in [5.74, 6) is 1.19. The van der Waals surface area contributed by atoms with Crippen molar-refractivity contribution in [2.45, 2.75) is 20.3 Å². The summed E-state index contributed by atoms with van der Waals surface area (Å²) < 4.78 is 17.2. The van der Waals surface area contributed by atoms with E-state index in [2.05, 4.69) is 30.9 Å². The second-order valence-corrected chi connectivity index (χ2v) is 9.60. The standard InChI is InChI=1S/C27H33N3O4S/c1-19-6-10-24-26(20(19)2)28-27(35-24)30(13-5-12-29-14-16-34-17-15-29)25(31)11-8-21-7-9-22(32-3)23(18-21)33-4/h6-11,18H,5,12-17H2,1-4H3/b11-8+. The van der Waals surface area contributed by atoms with E-state index >= 15 is 0 Å². The van der Waals surface area contributed by atoms with Crippen LogP contribution in [-0.4, -0.2) is 69.4 Å². The zero-order valence-corrected chi connectivity index (χ0v) is 21.7. The molecular formula is C27H33N3O4S. The molecule has 0 spiro atoms. The van der Waals surface area contributed by atoms with Gasteiger partial charge in [-0.15, -0.1) is 0 Å². The summed E-state index contributed by atoms with van der Waals surface area (Å²) >= 11 is 1.57. The van der Waals surface area contributed by atoms with E-state index in [9.17, 15) is 4.79 Å². The van der Waals surface area contributed by atoms with Crippen LogP contribution in [0.3, 0.4) is 0 Å². The maximum atomic E-state index is 13.4. The molecule has 1 aliphatic rings. The summed E-state index contributed by atoms with van der Waals surface area (Å²) in [7, 11) is 3.20. The molecule has 1 aromatic heterocycles. The fourth-order valence-corrected chi connectivity index (χ4v) is 5.18. The molecule has 1 saturated heterocycles. The van der Waals surface area contributed by atoms with Crippen molar-refractivity contribution in [1.29, 1.82) is 0 Å². The highest BCUT2D eigenvalue weighted by Crippen LogP contribution is 2.32. The van der Waals surface area contributed by atoms with Crippen molar-refractivity contribution in [3.63, 3.8) is 0 Å². The van der Waals surface area contributed by atoms with Crippen LogP contribution in [0.25, 0.3) is 16.3 Å². The first-order valence-corrected chi connectivity index (χ1v) is 12.7. The summed E-state index contributed by atoms with van der Waals surface area (Å²) in [6.07, 6.45) is 4.28. The summed E-state index contributed by atoms with van der Waals surface area (Å²) in [6.45, 7) is 9.12. The van der Waals surface area contributed by atoms with Gasteiger partial charge in [-0.25, -0.2) is 4.98 Å². The number of nitrogens with zero attached hydrogens (tertiary/aromatic N) is 3. The minimum atomic E-state index is -0.0878. The molecular weight excluding hydrogens is 462 g/mol. The molecule has 2 heterocycles. The van der Waals surface area contributed by atoms with Gasteiger partial charge in [0, 0.05) is 32.3 Å². The normalized spacial score (nSPS) is 14.5. The van der Waals surface area contributed by atoms with Gasteiger partial charge in [0.2, 0.25) is 0 Å². The average Bonchev–Trinajstić information content (AvgIpc) is 3.32. The number of carbonyl (C=O) groups excluding carboxylic acids is 1. The van der Waals surface area contributed by atoms with Crippen molar-refractivity contribution in [1.82, 2.24) is 9.88 Å². The van der Waals surface area contributed by atoms with Crippen LogP contribution in [0.15, 0.2) is 36.4 Å². The SMILES string of the molecule is COc1ccc(/C=C/C(=O)N(CCCN2CCOCC2)c2nc3c(C)c(C)ccc3s2)cc1OC. The van der Waals surface area contributed by atoms with Crippen LogP contribution in [0.4, 0.5) is 5.13 Å². The number of carbonyl (C=O) groups is 1. The molecule has 0 atom stereocenters. The van der Waals surface area contributed by atoms with Crippen molar-refractivity contribution in [2.24, 2.45) is 0 Å². The number of fused-ring (bicyclic) bond motifs is 1.